The summed E-state index contributed by atoms with van der Waals surface area (Å²) in [5.74, 6) is 0.496. The fraction of sp³-hybridized carbons (Fsp3) is 0.0667. The molecule has 0 radical (unpaired) electrons. The highest BCUT2D eigenvalue weighted by atomic mass is 19.4. The summed E-state index contributed by atoms with van der Waals surface area (Å²) in [5.41, 5.74) is -0.309. The van der Waals surface area contributed by atoms with Crippen molar-refractivity contribution in [2.45, 2.75) is 6.18 Å². The lowest BCUT2D eigenvalue weighted by molar-refractivity contribution is -0.383. The highest BCUT2D eigenvalue weighted by molar-refractivity contribution is 5.90. The first-order valence-electron chi connectivity index (χ1n) is 6.45. The molecule has 1 aromatic heterocycles. The Kier molecular flexibility index (Phi) is 3.44. The van der Waals surface area contributed by atoms with Crippen molar-refractivity contribution in [2.75, 3.05) is 0 Å². The van der Waals surface area contributed by atoms with E-state index < -0.39 is 16.7 Å². The van der Waals surface area contributed by atoms with Gasteiger partial charge in [0.25, 0.3) is 5.69 Å². The molecule has 0 bridgehead atoms. The van der Waals surface area contributed by atoms with Crippen LogP contribution in [0.1, 0.15) is 5.56 Å². The van der Waals surface area contributed by atoms with Crippen LogP contribution >= 0.6 is 0 Å². The molecule has 0 saturated carbocycles. The summed E-state index contributed by atoms with van der Waals surface area (Å²) >= 11 is 0. The van der Waals surface area contributed by atoms with Crippen LogP contribution in [0, 0.1) is 10.1 Å². The molecule has 0 spiro atoms. The van der Waals surface area contributed by atoms with Crippen LogP contribution in [0.15, 0.2) is 48.7 Å². The molecule has 0 aliphatic rings. The van der Waals surface area contributed by atoms with E-state index in [0.717, 1.165) is 12.1 Å². The largest absolute Gasteiger partial charge is 0.457 e. The first-order valence-corrected chi connectivity index (χ1v) is 6.45. The van der Waals surface area contributed by atoms with Crippen molar-refractivity contribution in [2.24, 2.45) is 0 Å². The first-order chi connectivity index (χ1) is 10.8. The minimum Gasteiger partial charge on any atom is -0.457 e. The van der Waals surface area contributed by atoms with Crippen molar-refractivity contribution in [1.82, 2.24) is 4.98 Å². The molecule has 0 aliphatic heterocycles. The SMILES string of the molecule is O=[N+]([O-])c1c[nH]c2ccc(Oc3ccc(C(F)(F)F)cc3)cc12. The maximum Gasteiger partial charge on any atom is 0.416 e. The molecule has 3 aromatic rings. The van der Waals surface area contributed by atoms with Gasteiger partial charge in [-0.05, 0) is 42.5 Å². The van der Waals surface area contributed by atoms with Crippen LogP contribution in [0.2, 0.25) is 0 Å². The van der Waals surface area contributed by atoms with Gasteiger partial charge < -0.3 is 9.72 Å². The van der Waals surface area contributed by atoms with E-state index in [0.29, 0.717) is 16.7 Å². The molecule has 0 unspecified atom stereocenters. The molecule has 1 heterocycles. The monoisotopic (exact) mass is 322 g/mol. The summed E-state index contributed by atoms with van der Waals surface area (Å²) in [7, 11) is 0. The van der Waals surface area contributed by atoms with E-state index in [1.807, 2.05) is 0 Å². The predicted molar refractivity (Wildman–Crippen MR) is 76.5 cm³/mol. The second-order valence-electron chi connectivity index (χ2n) is 4.76. The van der Waals surface area contributed by atoms with Crippen molar-refractivity contribution in [3.63, 3.8) is 0 Å². The number of H-pyrrole nitrogens is 1. The van der Waals surface area contributed by atoms with Crippen LogP contribution < -0.4 is 4.74 Å². The van der Waals surface area contributed by atoms with Crippen LogP contribution in [0.3, 0.4) is 0 Å². The van der Waals surface area contributed by atoms with E-state index in [9.17, 15) is 23.3 Å². The third-order valence-electron chi connectivity index (χ3n) is 3.25. The number of alkyl halides is 3. The summed E-state index contributed by atoms with van der Waals surface area (Å²) in [4.78, 5) is 13.2. The zero-order valence-electron chi connectivity index (χ0n) is 11.4. The van der Waals surface area contributed by atoms with Gasteiger partial charge in [0, 0.05) is 0 Å². The van der Waals surface area contributed by atoms with Crippen LogP contribution in [0.4, 0.5) is 18.9 Å². The third-order valence-corrected chi connectivity index (χ3v) is 3.25. The van der Waals surface area contributed by atoms with Gasteiger partial charge in [0.15, 0.2) is 0 Å². The van der Waals surface area contributed by atoms with E-state index in [-0.39, 0.29) is 11.4 Å². The molecule has 0 amide bonds. The third kappa shape index (κ3) is 2.96. The molecule has 23 heavy (non-hydrogen) atoms. The Morgan fingerprint density at radius 3 is 2.30 bits per heavy atom. The summed E-state index contributed by atoms with van der Waals surface area (Å²) in [6.45, 7) is 0. The summed E-state index contributed by atoms with van der Waals surface area (Å²) in [5, 5.41) is 11.3. The predicted octanol–water partition coefficient (Wildman–Crippen LogP) is 4.89. The molecule has 0 atom stereocenters. The van der Waals surface area contributed by atoms with Crippen LogP contribution in [0.25, 0.3) is 10.9 Å². The number of nitrogens with zero attached hydrogens (tertiary/aromatic N) is 1. The van der Waals surface area contributed by atoms with E-state index in [1.165, 1.54) is 24.4 Å². The van der Waals surface area contributed by atoms with Crippen molar-refractivity contribution in [3.8, 4) is 11.5 Å². The van der Waals surface area contributed by atoms with Gasteiger partial charge in [-0.1, -0.05) is 0 Å². The van der Waals surface area contributed by atoms with Crippen LogP contribution in [0.5, 0.6) is 11.5 Å². The Hall–Kier alpha value is -3.03. The lowest BCUT2D eigenvalue weighted by Crippen LogP contribution is -2.03. The molecule has 3 rings (SSSR count). The first kappa shape index (κ1) is 14.9. The highest BCUT2D eigenvalue weighted by Crippen LogP contribution is 2.33. The van der Waals surface area contributed by atoms with Gasteiger partial charge in [0.2, 0.25) is 0 Å². The molecule has 0 saturated heterocycles. The minimum absolute atomic E-state index is 0.0992. The molecule has 8 heteroatoms. The van der Waals surface area contributed by atoms with E-state index in [1.54, 1.807) is 12.1 Å². The normalized spacial score (nSPS) is 11.6. The molecule has 0 fully saturated rings. The zero-order valence-corrected chi connectivity index (χ0v) is 11.4. The van der Waals surface area contributed by atoms with Crippen molar-refractivity contribution in [3.05, 3.63) is 64.3 Å². The number of halogens is 3. The number of hydrogen-bond acceptors (Lipinski definition) is 3. The smallest absolute Gasteiger partial charge is 0.416 e. The summed E-state index contributed by atoms with van der Waals surface area (Å²) in [6, 6.07) is 8.83. The van der Waals surface area contributed by atoms with Gasteiger partial charge in [-0.2, -0.15) is 13.2 Å². The minimum atomic E-state index is -4.41. The Morgan fingerprint density at radius 1 is 1.04 bits per heavy atom. The van der Waals surface area contributed by atoms with Gasteiger partial charge in [0.05, 0.1) is 27.6 Å². The molecule has 2 aromatic carbocycles. The lowest BCUT2D eigenvalue weighted by atomic mass is 10.2. The van der Waals surface area contributed by atoms with Crippen molar-refractivity contribution >= 4 is 16.6 Å². The number of rotatable bonds is 3. The second-order valence-corrected chi connectivity index (χ2v) is 4.76. The average Bonchev–Trinajstić information content (AvgIpc) is 2.90. The Balaban J connectivity index is 1.89. The maximum atomic E-state index is 12.5. The molecule has 0 aliphatic carbocycles. The number of hydrogen-bond donors (Lipinski definition) is 1. The average molecular weight is 322 g/mol. The standard InChI is InChI=1S/C15H9F3N2O3/c16-15(17,18)9-1-3-10(4-2-9)23-11-5-6-13-12(7-11)14(8-19-13)20(21)22/h1-8,19H. The highest BCUT2D eigenvalue weighted by Gasteiger charge is 2.30. The molecular formula is C15H9F3N2O3. The van der Waals surface area contributed by atoms with E-state index in [4.69, 9.17) is 4.74 Å². The van der Waals surface area contributed by atoms with Crippen LogP contribution in [-0.2, 0) is 6.18 Å². The van der Waals surface area contributed by atoms with E-state index in [2.05, 4.69) is 4.98 Å². The fourth-order valence-electron chi connectivity index (χ4n) is 2.15. The number of benzene rings is 2. The van der Waals surface area contributed by atoms with Gasteiger partial charge in [-0.15, -0.1) is 0 Å². The number of nitro groups is 1. The quantitative estimate of drug-likeness (QED) is 0.551. The zero-order chi connectivity index (χ0) is 16.6. The second kappa shape index (κ2) is 5.31. The van der Waals surface area contributed by atoms with Crippen LogP contribution in [-0.4, -0.2) is 9.91 Å². The number of aromatic amines is 1. The molecular weight excluding hydrogens is 313 g/mol. The van der Waals surface area contributed by atoms with E-state index >= 15 is 0 Å². The Labute approximate surface area is 127 Å². The summed E-state index contributed by atoms with van der Waals surface area (Å²) in [6.07, 6.45) is -3.14. The number of nitrogens with one attached hydrogen (secondary N) is 1. The topological polar surface area (TPSA) is 68.2 Å². The Bertz CT molecular complexity index is 870. The summed E-state index contributed by atoms with van der Waals surface area (Å²) < 4.78 is 42.9. The Morgan fingerprint density at radius 2 is 1.70 bits per heavy atom. The number of fused-ring (bicyclic) bond motifs is 1. The maximum absolute atomic E-state index is 12.5. The molecule has 118 valence electrons. The van der Waals surface area contributed by atoms with Gasteiger partial charge >= 0.3 is 6.18 Å². The molecule has 1 N–H and O–H groups in total. The van der Waals surface area contributed by atoms with Crippen molar-refractivity contribution < 1.29 is 22.8 Å². The fourth-order valence-corrected chi connectivity index (χ4v) is 2.15. The van der Waals surface area contributed by atoms with Gasteiger partial charge in [0.1, 0.15) is 11.5 Å². The van der Waals surface area contributed by atoms with Gasteiger partial charge in [-0.25, -0.2) is 0 Å². The lowest BCUT2D eigenvalue weighted by Gasteiger charge is -2.09. The van der Waals surface area contributed by atoms with Gasteiger partial charge in [-0.3, -0.25) is 10.1 Å². The van der Waals surface area contributed by atoms with Crippen molar-refractivity contribution in [1.29, 1.82) is 0 Å². The number of ether oxygens (including phenoxy) is 1. The number of aromatic nitrogens is 1. The molecule has 5 nitrogen and oxygen atoms in total.